The van der Waals surface area contributed by atoms with Crippen molar-refractivity contribution in [2.45, 2.75) is 13.8 Å². The maximum atomic E-state index is 4.50. The Balaban J connectivity index is 0. The molecular weight excluding hydrogens is 136 g/mol. The Kier molecular flexibility index (Phi) is 8.43. The molecule has 0 amide bonds. The van der Waals surface area contributed by atoms with E-state index in [0.29, 0.717) is 0 Å². The van der Waals surface area contributed by atoms with E-state index in [-0.39, 0.29) is 6.15 Å². The van der Waals surface area contributed by atoms with Crippen molar-refractivity contribution in [1.82, 2.24) is 6.15 Å². The first-order valence-corrected chi connectivity index (χ1v) is 3.40. The molecule has 0 unspecified atom stereocenters. The highest BCUT2D eigenvalue weighted by Gasteiger charge is 1.83. The first-order chi connectivity index (χ1) is 4.80. The molecular formula is C9H18N2. The zero-order chi connectivity index (χ0) is 7.98. The van der Waals surface area contributed by atoms with E-state index >= 15 is 0 Å². The Morgan fingerprint density at radius 3 is 1.36 bits per heavy atom. The van der Waals surface area contributed by atoms with E-state index in [1.54, 1.807) is 0 Å². The summed E-state index contributed by atoms with van der Waals surface area (Å²) in [5.74, 6) is 0. The standard InChI is InChI=1S/C8H10.CH5N.H3N/c1-7-5-3-4-6-8(7)2;1-2;/h3-6H,1-2H3;2H2,1H3;1H3. The first-order valence-electron chi connectivity index (χ1n) is 3.40. The lowest BCUT2D eigenvalue weighted by Crippen LogP contribution is -1.74. The molecule has 0 aliphatic heterocycles. The highest BCUT2D eigenvalue weighted by molar-refractivity contribution is 5.23. The van der Waals surface area contributed by atoms with Crippen LogP contribution < -0.4 is 11.9 Å². The average molecular weight is 154 g/mol. The minimum atomic E-state index is 0. The number of hydrogen-bond acceptors (Lipinski definition) is 2. The molecule has 0 radical (unpaired) electrons. The Bertz CT molecular complexity index is 164. The van der Waals surface area contributed by atoms with Crippen LogP contribution in [0.2, 0.25) is 0 Å². The van der Waals surface area contributed by atoms with Gasteiger partial charge in [-0.25, -0.2) is 0 Å². The molecule has 0 heterocycles. The third kappa shape index (κ3) is 4.53. The molecule has 2 nitrogen and oxygen atoms in total. The first kappa shape index (κ1) is 12.8. The minimum absolute atomic E-state index is 0. The molecule has 0 saturated heterocycles. The third-order valence-electron chi connectivity index (χ3n) is 1.43. The number of rotatable bonds is 0. The van der Waals surface area contributed by atoms with Gasteiger partial charge in [-0.3, -0.25) is 0 Å². The molecule has 11 heavy (non-hydrogen) atoms. The summed E-state index contributed by atoms with van der Waals surface area (Å²) in [5, 5.41) is 0. The lowest BCUT2D eigenvalue weighted by molar-refractivity contribution is 1.34. The zero-order valence-electron chi connectivity index (χ0n) is 7.59. The van der Waals surface area contributed by atoms with Gasteiger partial charge in [-0.2, -0.15) is 0 Å². The van der Waals surface area contributed by atoms with Crippen LogP contribution in [0.5, 0.6) is 0 Å². The summed E-state index contributed by atoms with van der Waals surface area (Å²) in [6, 6.07) is 8.36. The van der Waals surface area contributed by atoms with Crippen molar-refractivity contribution in [1.29, 1.82) is 0 Å². The predicted octanol–water partition coefficient (Wildman–Crippen LogP) is 2.04. The molecule has 2 heteroatoms. The van der Waals surface area contributed by atoms with Gasteiger partial charge in [0.05, 0.1) is 0 Å². The molecule has 0 aromatic heterocycles. The summed E-state index contributed by atoms with van der Waals surface area (Å²) in [7, 11) is 1.50. The van der Waals surface area contributed by atoms with E-state index in [2.05, 4.69) is 43.8 Å². The highest BCUT2D eigenvalue weighted by atomic mass is 14.4. The molecule has 1 aromatic rings. The van der Waals surface area contributed by atoms with Gasteiger partial charge in [-0.1, -0.05) is 24.3 Å². The molecule has 64 valence electrons. The maximum Gasteiger partial charge on any atom is -0.0195 e. The molecule has 5 N–H and O–H groups in total. The third-order valence-corrected chi connectivity index (χ3v) is 1.43. The van der Waals surface area contributed by atoms with E-state index in [1.807, 2.05) is 0 Å². The highest BCUT2D eigenvalue weighted by Crippen LogP contribution is 2.02. The second-order valence-electron chi connectivity index (χ2n) is 2.08. The summed E-state index contributed by atoms with van der Waals surface area (Å²) >= 11 is 0. The molecule has 0 saturated carbocycles. The van der Waals surface area contributed by atoms with Crippen molar-refractivity contribution in [3.8, 4) is 0 Å². The largest absolute Gasteiger partial charge is 0.344 e. The van der Waals surface area contributed by atoms with Gasteiger partial charge in [-0.05, 0) is 32.0 Å². The van der Waals surface area contributed by atoms with Crippen LogP contribution in [0.3, 0.4) is 0 Å². The lowest BCUT2D eigenvalue weighted by atomic mass is 10.1. The van der Waals surface area contributed by atoms with Gasteiger partial charge in [0, 0.05) is 0 Å². The Labute approximate surface area is 69.0 Å². The topological polar surface area (TPSA) is 61.0 Å². The number of aryl methyl sites for hydroxylation is 2. The lowest BCUT2D eigenvalue weighted by Gasteiger charge is -1.93. The van der Waals surface area contributed by atoms with E-state index in [9.17, 15) is 0 Å². The molecule has 0 atom stereocenters. The second-order valence-corrected chi connectivity index (χ2v) is 2.08. The van der Waals surface area contributed by atoms with Gasteiger partial charge in [0.15, 0.2) is 0 Å². The van der Waals surface area contributed by atoms with E-state index in [1.165, 1.54) is 18.2 Å². The fraction of sp³-hybridized carbons (Fsp3) is 0.333. The molecule has 0 spiro atoms. The summed E-state index contributed by atoms with van der Waals surface area (Å²) in [5.41, 5.74) is 7.24. The van der Waals surface area contributed by atoms with Crippen molar-refractivity contribution >= 4 is 0 Å². The summed E-state index contributed by atoms with van der Waals surface area (Å²) < 4.78 is 0. The molecule has 0 bridgehead atoms. The van der Waals surface area contributed by atoms with Crippen LogP contribution in [0.15, 0.2) is 24.3 Å². The van der Waals surface area contributed by atoms with Crippen LogP contribution in [-0.4, -0.2) is 7.05 Å². The Morgan fingerprint density at radius 1 is 0.909 bits per heavy atom. The van der Waals surface area contributed by atoms with Crippen molar-refractivity contribution in [2.75, 3.05) is 7.05 Å². The second kappa shape index (κ2) is 7.25. The van der Waals surface area contributed by atoms with Crippen LogP contribution in [0, 0.1) is 13.8 Å². The van der Waals surface area contributed by atoms with Crippen molar-refractivity contribution < 1.29 is 0 Å². The number of benzene rings is 1. The SMILES string of the molecule is CN.Cc1ccccc1C.N. The van der Waals surface area contributed by atoms with Crippen molar-refractivity contribution in [3.63, 3.8) is 0 Å². The Hall–Kier alpha value is -0.860. The summed E-state index contributed by atoms with van der Waals surface area (Å²) in [4.78, 5) is 0. The monoisotopic (exact) mass is 154 g/mol. The van der Waals surface area contributed by atoms with Gasteiger partial charge < -0.3 is 11.9 Å². The van der Waals surface area contributed by atoms with Gasteiger partial charge in [0.1, 0.15) is 0 Å². The van der Waals surface area contributed by atoms with Crippen LogP contribution in [0.4, 0.5) is 0 Å². The smallest absolute Gasteiger partial charge is 0.0195 e. The predicted molar refractivity (Wildman–Crippen MR) is 51.0 cm³/mol. The molecule has 0 fully saturated rings. The number of hydrogen-bond donors (Lipinski definition) is 2. The minimum Gasteiger partial charge on any atom is -0.344 e. The molecule has 1 rings (SSSR count). The van der Waals surface area contributed by atoms with E-state index in [0.717, 1.165) is 0 Å². The van der Waals surface area contributed by atoms with Crippen LogP contribution in [-0.2, 0) is 0 Å². The fourth-order valence-electron chi connectivity index (χ4n) is 0.663. The van der Waals surface area contributed by atoms with Crippen LogP contribution in [0.1, 0.15) is 11.1 Å². The maximum absolute atomic E-state index is 4.50. The van der Waals surface area contributed by atoms with Gasteiger partial charge in [0.2, 0.25) is 0 Å². The molecule has 1 aromatic carbocycles. The quantitative estimate of drug-likeness (QED) is 0.600. The van der Waals surface area contributed by atoms with Crippen LogP contribution >= 0.6 is 0 Å². The molecule has 0 aliphatic carbocycles. The van der Waals surface area contributed by atoms with Crippen LogP contribution in [0.25, 0.3) is 0 Å². The average Bonchev–Trinajstić information content (AvgIpc) is 2.00. The van der Waals surface area contributed by atoms with Gasteiger partial charge in [0.25, 0.3) is 0 Å². The Morgan fingerprint density at radius 2 is 1.18 bits per heavy atom. The zero-order valence-corrected chi connectivity index (χ0v) is 7.59. The molecule has 0 aliphatic rings. The van der Waals surface area contributed by atoms with Crippen molar-refractivity contribution in [2.24, 2.45) is 5.73 Å². The van der Waals surface area contributed by atoms with Gasteiger partial charge >= 0.3 is 0 Å². The van der Waals surface area contributed by atoms with Crippen molar-refractivity contribution in [3.05, 3.63) is 35.4 Å². The summed E-state index contributed by atoms with van der Waals surface area (Å²) in [6.07, 6.45) is 0. The van der Waals surface area contributed by atoms with E-state index < -0.39 is 0 Å². The number of nitrogens with two attached hydrogens (primary N) is 1. The van der Waals surface area contributed by atoms with E-state index in [4.69, 9.17) is 0 Å². The normalized spacial score (nSPS) is 7.27. The van der Waals surface area contributed by atoms with Gasteiger partial charge in [-0.15, -0.1) is 0 Å². The summed E-state index contributed by atoms with van der Waals surface area (Å²) in [6.45, 7) is 4.24. The fourth-order valence-corrected chi connectivity index (χ4v) is 0.663.